The van der Waals surface area contributed by atoms with Gasteiger partial charge in [-0.15, -0.1) is 0 Å². The van der Waals surface area contributed by atoms with E-state index in [1.54, 1.807) is 12.1 Å². The van der Waals surface area contributed by atoms with Crippen LogP contribution in [0.1, 0.15) is 22.7 Å². The van der Waals surface area contributed by atoms with Gasteiger partial charge < -0.3 is 5.11 Å². The third kappa shape index (κ3) is 3.82. The number of nitrogens with zero attached hydrogens (tertiary/aromatic N) is 1. The van der Waals surface area contributed by atoms with Crippen molar-refractivity contribution in [1.29, 1.82) is 0 Å². The minimum atomic E-state index is -0.916. The summed E-state index contributed by atoms with van der Waals surface area (Å²) < 4.78 is 13.4. The molecule has 1 atom stereocenters. The molecule has 1 unspecified atom stereocenters. The lowest BCUT2D eigenvalue weighted by atomic mass is 9.92. The van der Waals surface area contributed by atoms with E-state index in [0.717, 1.165) is 5.56 Å². The van der Waals surface area contributed by atoms with E-state index in [2.05, 4.69) is 0 Å². The molecule has 31 heavy (non-hydrogen) atoms. The molecule has 0 bridgehead atoms. The highest BCUT2D eigenvalue weighted by molar-refractivity contribution is 6.52. The van der Waals surface area contributed by atoms with Crippen LogP contribution in [0, 0.1) is 12.7 Å². The van der Waals surface area contributed by atoms with Gasteiger partial charge in [0.25, 0.3) is 11.7 Å². The van der Waals surface area contributed by atoms with E-state index >= 15 is 0 Å². The lowest BCUT2D eigenvalue weighted by Crippen LogP contribution is -2.29. The summed E-state index contributed by atoms with van der Waals surface area (Å²) >= 11 is 12.3. The summed E-state index contributed by atoms with van der Waals surface area (Å²) in [5.41, 5.74) is 1.93. The lowest BCUT2D eigenvalue weighted by molar-refractivity contribution is -0.132. The van der Waals surface area contributed by atoms with Crippen LogP contribution in [-0.2, 0) is 9.59 Å². The first-order valence-electron chi connectivity index (χ1n) is 9.36. The molecule has 3 aromatic rings. The van der Waals surface area contributed by atoms with Gasteiger partial charge in [0.2, 0.25) is 0 Å². The number of halogens is 3. The fourth-order valence-corrected chi connectivity index (χ4v) is 4.24. The highest BCUT2D eigenvalue weighted by atomic mass is 35.5. The molecule has 4 rings (SSSR count). The molecule has 1 aliphatic heterocycles. The third-order valence-electron chi connectivity index (χ3n) is 5.17. The highest BCUT2D eigenvalue weighted by Gasteiger charge is 2.47. The van der Waals surface area contributed by atoms with Crippen molar-refractivity contribution in [2.24, 2.45) is 0 Å². The Kier molecular flexibility index (Phi) is 5.56. The van der Waals surface area contributed by atoms with Gasteiger partial charge in [-0.1, -0.05) is 47.5 Å². The maximum Gasteiger partial charge on any atom is 0.300 e. The van der Waals surface area contributed by atoms with E-state index in [4.69, 9.17) is 23.2 Å². The number of amides is 1. The largest absolute Gasteiger partial charge is 0.507 e. The second-order valence-corrected chi connectivity index (χ2v) is 8.03. The predicted molar refractivity (Wildman–Crippen MR) is 119 cm³/mol. The van der Waals surface area contributed by atoms with E-state index in [0.29, 0.717) is 21.3 Å². The van der Waals surface area contributed by atoms with Crippen LogP contribution in [0.5, 0.6) is 0 Å². The number of carbonyl (C=O) groups excluding carboxylic acids is 2. The second-order valence-electron chi connectivity index (χ2n) is 7.16. The van der Waals surface area contributed by atoms with E-state index < -0.39 is 23.5 Å². The Morgan fingerprint density at radius 3 is 2.19 bits per heavy atom. The maximum atomic E-state index is 13.4. The van der Waals surface area contributed by atoms with Crippen LogP contribution in [-0.4, -0.2) is 16.8 Å². The smallest absolute Gasteiger partial charge is 0.300 e. The highest BCUT2D eigenvalue weighted by Crippen LogP contribution is 2.44. The van der Waals surface area contributed by atoms with Crippen molar-refractivity contribution in [2.75, 3.05) is 4.90 Å². The number of ketones is 1. The molecule has 7 heteroatoms. The summed E-state index contributed by atoms with van der Waals surface area (Å²) in [4.78, 5) is 27.5. The molecule has 156 valence electrons. The number of aryl methyl sites for hydroxylation is 1. The van der Waals surface area contributed by atoms with Crippen LogP contribution in [0.15, 0.2) is 72.3 Å². The summed E-state index contributed by atoms with van der Waals surface area (Å²) in [6, 6.07) is 15.9. The first kappa shape index (κ1) is 21.1. The number of aliphatic hydroxyl groups is 1. The van der Waals surface area contributed by atoms with Crippen LogP contribution >= 0.6 is 23.2 Å². The standard InChI is InChI=1S/C24H16Cl2FNO3/c1-13-4-2-3-5-19(13)21-20(22(29)14-6-8-17(27)9-7-14)23(30)24(31)28(21)18-11-15(25)10-16(26)12-18/h2-12,21,29H,1H3/b22-20+. The van der Waals surface area contributed by atoms with Crippen molar-refractivity contribution in [3.8, 4) is 0 Å². The quantitative estimate of drug-likeness (QED) is 0.296. The van der Waals surface area contributed by atoms with Crippen molar-refractivity contribution >= 4 is 46.3 Å². The Morgan fingerprint density at radius 1 is 0.968 bits per heavy atom. The van der Waals surface area contributed by atoms with Gasteiger partial charge in [0.1, 0.15) is 11.6 Å². The number of carbonyl (C=O) groups is 2. The Hall–Kier alpha value is -3.15. The number of aliphatic hydroxyl groups excluding tert-OH is 1. The Bertz CT molecular complexity index is 1220. The molecule has 1 fully saturated rings. The van der Waals surface area contributed by atoms with Gasteiger partial charge in [0.15, 0.2) is 0 Å². The molecule has 1 saturated heterocycles. The van der Waals surface area contributed by atoms with Crippen molar-refractivity contribution in [3.05, 3.63) is 105 Å². The number of Topliss-reactive ketones (excluding diaryl/α,β-unsaturated/α-hetero) is 1. The van der Waals surface area contributed by atoms with Gasteiger partial charge in [-0.05, 0) is 60.5 Å². The molecule has 0 spiro atoms. The predicted octanol–water partition coefficient (Wildman–Crippen LogP) is 6.07. The van der Waals surface area contributed by atoms with Crippen molar-refractivity contribution < 1.29 is 19.1 Å². The number of hydrogen-bond donors (Lipinski definition) is 1. The Balaban J connectivity index is 1.99. The van der Waals surface area contributed by atoms with Crippen LogP contribution < -0.4 is 4.90 Å². The Morgan fingerprint density at radius 2 is 1.58 bits per heavy atom. The topological polar surface area (TPSA) is 57.6 Å². The van der Waals surface area contributed by atoms with Crippen LogP contribution in [0.4, 0.5) is 10.1 Å². The van der Waals surface area contributed by atoms with Gasteiger partial charge in [0, 0.05) is 21.3 Å². The summed E-state index contributed by atoms with van der Waals surface area (Å²) in [7, 11) is 0. The molecule has 1 aliphatic rings. The molecule has 0 saturated carbocycles. The molecule has 1 heterocycles. The monoisotopic (exact) mass is 455 g/mol. The van der Waals surface area contributed by atoms with E-state index in [9.17, 15) is 19.1 Å². The van der Waals surface area contributed by atoms with Crippen molar-refractivity contribution in [3.63, 3.8) is 0 Å². The third-order valence-corrected chi connectivity index (χ3v) is 5.61. The molecule has 4 nitrogen and oxygen atoms in total. The molecule has 0 aliphatic carbocycles. The average molecular weight is 456 g/mol. The molecule has 1 N–H and O–H groups in total. The molecule has 0 radical (unpaired) electrons. The van der Waals surface area contributed by atoms with E-state index in [-0.39, 0.29) is 16.9 Å². The molecular formula is C24H16Cl2FNO3. The number of hydrogen-bond acceptors (Lipinski definition) is 3. The minimum Gasteiger partial charge on any atom is -0.507 e. The van der Waals surface area contributed by atoms with Crippen molar-refractivity contribution in [2.45, 2.75) is 13.0 Å². The number of benzene rings is 3. The average Bonchev–Trinajstić information content (AvgIpc) is 2.98. The number of rotatable bonds is 3. The van der Waals surface area contributed by atoms with Crippen LogP contribution in [0.3, 0.4) is 0 Å². The zero-order valence-corrected chi connectivity index (χ0v) is 17.8. The molecule has 3 aromatic carbocycles. The maximum absolute atomic E-state index is 13.4. The second kappa shape index (κ2) is 8.17. The first-order valence-corrected chi connectivity index (χ1v) is 10.1. The van der Waals surface area contributed by atoms with Gasteiger partial charge >= 0.3 is 0 Å². The normalized spacial score (nSPS) is 17.9. The lowest BCUT2D eigenvalue weighted by Gasteiger charge is -2.27. The Labute approximate surface area is 188 Å². The van der Waals surface area contributed by atoms with E-state index in [1.807, 2.05) is 19.1 Å². The zero-order valence-electron chi connectivity index (χ0n) is 16.3. The van der Waals surface area contributed by atoms with Crippen LogP contribution in [0.25, 0.3) is 5.76 Å². The van der Waals surface area contributed by atoms with Gasteiger partial charge in [0.05, 0.1) is 11.6 Å². The number of anilines is 1. The summed E-state index contributed by atoms with van der Waals surface area (Å²) in [6.07, 6.45) is 0. The SMILES string of the molecule is Cc1ccccc1C1/C(=C(\O)c2ccc(F)cc2)C(=O)C(=O)N1c1cc(Cl)cc(Cl)c1. The van der Waals surface area contributed by atoms with Gasteiger partial charge in [-0.3, -0.25) is 14.5 Å². The minimum absolute atomic E-state index is 0.0954. The van der Waals surface area contributed by atoms with Gasteiger partial charge in [-0.2, -0.15) is 0 Å². The molecule has 0 aromatic heterocycles. The fourth-order valence-electron chi connectivity index (χ4n) is 3.73. The van der Waals surface area contributed by atoms with Crippen LogP contribution in [0.2, 0.25) is 10.0 Å². The first-order chi connectivity index (χ1) is 14.8. The van der Waals surface area contributed by atoms with Crippen molar-refractivity contribution in [1.82, 2.24) is 0 Å². The summed E-state index contributed by atoms with van der Waals surface area (Å²) in [5.74, 6) is -2.55. The molecule has 1 amide bonds. The summed E-state index contributed by atoms with van der Waals surface area (Å²) in [6.45, 7) is 1.85. The van der Waals surface area contributed by atoms with E-state index in [1.165, 1.54) is 47.4 Å². The van der Waals surface area contributed by atoms with Gasteiger partial charge in [-0.25, -0.2) is 4.39 Å². The fraction of sp³-hybridized carbons (Fsp3) is 0.0833. The summed E-state index contributed by atoms with van der Waals surface area (Å²) in [5, 5.41) is 11.6. The zero-order chi connectivity index (χ0) is 22.3. The molecular weight excluding hydrogens is 440 g/mol.